The molecule has 4 heterocycles. The number of hydrogen-bond donors (Lipinski definition) is 2. The Morgan fingerprint density at radius 2 is 2.00 bits per heavy atom. The Bertz CT molecular complexity index is 867. The molecule has 2 saturated heterocycles. The summed E-state index contributed by atoms with van der Waals surface area (Å²) in [5.74, 6) is -1.05. The first-order valence-electron chi connectivity index (χ1n) is 9.51. The molecule has 3 atom stereocenters. The number of ether oxygens (including phenoxy) is 1. The van der Waals surface area contributed by atoms with E-state index in [1.54, 1.807) is 18.5 Å². The van der Waals surface area contributed by atoms with E-state index in [2.05, 4.69) is 15.3 Å². The lowest BCUT2D eigenvalue weighted by Gasteiger charge is -2.35. The average molecular weight is 458 g/mol. The van der Waals surface area contributed by atoms with Gasteiger partial charge in [-0.05, 0) is 29.9 Å². The minimum Gasteiger partial charge on any atom is -0.475 e. The molecule has 31 heavy (non-hydrogen) atoms. The van der Waals surface area contributed by atoms with Crippen LogP contribution in [0.25, 0.3) is 0 Å². The number of rotatable bonds is 4. The number of nitrogens with one attached hydrogen (secondary N) is 1. The van der Waals surface area contributed by atoms with Crippen LogP contribution in [0.2, 0.25) is 0 Å². The van der Waals surface area contributed by atoms with E-state index in [-0.39, 0.29) is 12.0 Å². The van der Waals surface area contributed by atoms with Gasteiger partial charge in [0.15, 0.2) is 0 Å². The van der Waals surface area contributed by atoms with Gasteiger partial charge < -0.3 is 20.1 Å². The van der Waals surface area contributed by atoms with Gasteiger partial charge in [-0.15, -0.1) is 11.3 Å². The van der Waals surface area contributed by atoms with Crippen LogP contribution in [0.3, 0.4) is 0 Å². The first-order chi connectivity index (χ1) is 14.8. The van der Waals surface area contributed by atoms with E-state index in [0.717, 1.165) is 31.0 Å². The zero-order valence-corrected chi connectivity index (χ0v) is 17.1. The number of nitrogens with zero attached hydrogens (tertiary/aromatic N) is 3. The number of thiophene rings is 1. The third kappa shape index (κ3) is 6.14. The number of halogens is 3. The zero-order valence-electron chi connectivity index (χ0n) is 16.3. The van der Waals surface area contributed by atoms with Gasteiger partial charge in [0.2, 0.25) is 5.95 Å². The Labute approximate surface area is 180 Å². The van der Waals surface area contributed by atoms with E-state index in [1.807, 2.05) is 22.4 Å². The van der Waals surface area contributed by atoms with Crippen molar-refractivity contribution in [1.29, 1.82) is 0 Å². The number of carbonyl (C=O) groups excluding carboxylic acids is 1. The van der Waals surface area contributed by atoms with E-state index in [0.29, 0.717) is 24.3 Å². The predicted molar refractivity (Wildman–Crippen MR) is 106 cm³/mol. The number of amides is 1. The van der Waals surface area contributed by atoms with Crippen molar-refractivity contribution in [3.05, 3.63) is 40.8 Å². The molecule has 12 heteroatoms. The van der Waals surface area contributed by atoms with Crippen molar-refractivity contribution < 1.29 is 32.6 Å². The van der Waals surface area contributed by atoms with Crippen molar-refractivity contribution in [2.24, 2.45) is 11.8 Å². The molecule has 0 radical (unpaired) electrons. The summed E-state index contributed by atoms with van der Waals surface area (Å²) in [5.41, 5.74) is 0. The maximum absolute atomic E-state index is 12.5. The maximum atomic E-state index is 12.5. The van der Waals surface area contributed by atoms with Crippen molar-refractivity contribution in [2.75, 3.05) is 31.6 Å². The lowest BCUT2D eigenvalue weighted by molar-refractivity contribution is -0.192. The topological polar surface area (TPSA) is 105 Å². The number of likely N-dealkylation sites (tertiary alicyclic amines) is 1. The molecule has 0 aromatic carbocycles. The molecule has 0 bridgehead atoms. The van der Waals surface area contributed by atoms with Crippen LogP contribution in [0.1, 0.15) is 16.1 Å². The van der Waals surface area contributed by atoms with Gasteiger partial charge in [0.05, 0.1) is 17.6 Å². The third-order valence-corrected chi connectivity index (χ3v) is 5.94. The molecule has 2 aromatic heterocycles. The third-order valence-electron chi connectivity index (χ3n) is 5.08. The molecule has 0 spiro atoms. The summed E-state index contributed by atoms with van der Waals surface area (Å²) in [6.45, 7) is 3.03. The first-order valence-corrected chi connectivity index (χ1v) is 10.4. The fourth-order valence-corrected chi connectivity index (χ4v) is 4.31. The SMILES string of the molecule is O=C(O)C(F)(F)F.O=C(c1cccs1)N1CC[C@@H]2[C@@H](CO[C@H]2CNc2ncccn2)C1. The second kappa shape index (κ2) is 10.1. The Morgan fingerprint density at radius 1 is 1.29 bits per heavy atom. The molecule has 4 rings (SSSR count). The second-order valence-corrected chi connectivity index (χ2v) is 8.02. The number of piperidine rings is 1. The van der Waals surface area contributed by atoms with Crippen molar-refractivity contribution >= 4 is 29.2 Å². The molecule has 0 aliphatic carbocycles. The Morgan fingerprint density at radius 3 is 2.61 bits per heavy atom. The number of aromatic nitrogens is 2. The monoisotopic (exact) mass is 458 g/mol. The zero-order chi connectivity index (χ0) is 22.4. The number of aliphatic carboxylic acids is 1. The van der Waals surface area contributed by atoms with E-state index >= 15 is 0 Å². The molecule has 2 fully saturated rings. The van der Waals surface area contributed by atoms with Crippen molar-refractivity contribution in [3.8, 4) is 0 Å². The Kier molecular flexibility index (Phi) is 7.44. The van der Waals surface area contributed by atoms with Crippen LogP contribution in [0.4, 0.5) is 19.1 Å². The highest BCUT2D eigenvalue weighted by Gasteiger charge is 2.42. The van der Waals surface area contributed by atoms with Gasteiger partial charge in [-0.1, -0.05) is 6.07 Å². The molecule has 8 nitrogen and oxygen atoms in total. The van der Waals surface area contributed by atoms with Crippen LogP contribution < -0.4 is 5.32 Å². The van der Waals surface area contributed by atoms with Crippen molar-refractivity contribution in [1.82, 2.24) is 14.9 Å². The van der Waals surface area contributed by atoms with Gasteiger partial charge in [0.25, 0.3) is 5.91 Å². The number of carbonyl (C=O) groups is 2. The normalized spacial score (nSPS) is 22.8. The average Bonchev–Trinajstić information content (AvgIpc) is 3.42. The number of alkyl halides is 3. The predicted octanol–water partition coefficient (Wildman–Crippen LogP) is 2.76. The number of fused-ring (bicyclic) bond motifs is 1. The number of carboxylic acid groups (broad SMARTS) is 1. The molecule has 2 aliphatic rings. The highest BCUT2D eigenvalue weighted by Crippen LogP contribution is 2.35. The fourth-order valence-electron chi connectivity index (χ4n) is 3.62. The molecule has 2 aliphatic heterocycles. The minimum absolute atomic E-state index is 0.155. The van der Waals surface area contributed by atoms with Crippen molar-refractivity contribution in [3.63, 3.8) is 0 Å². The number of anilines is 1. The van der Waals surface area contributed by atoms with Gasteiger partial charge in [0, 0.05) is 37.9 Å². The molecule has 1 amide bonds. The summed E-state index contributed by atoms with van der Waals surface area (Å²) in [6.07, 6.45) is -0.480. The van der Waals surface area contributed by atoms with Crippen LogP contribution in [-0.2, 0) is 9.53 Å². The fraction of sp³-hybridized carbons (Fsp3) is 0.474. The van der Waals surface area contributed by atoms with E-state index in [1.165, 1.54) is 11.3 Å². The summed E-state index contributed by atoms with van der Waals surface area (Å²) in [6, 6.07) is 5.63. The first kappa shape index (κ1) is 22.9. The molecular formula is C19H21F3N4O4S. The van der Waals surface area contributed by atoms with Gasteiger partial charge in [-0.2, -0.15) is 13.2 Å². The smallest absolute Gasteiger partial charge is 0.475 e. The van der Waals surface area contributed by atoms with Gasteiger partial charge in [-0.25, -0.2) is 14.8 Å². The molecular weight excluding hydrogens is 437 g/mol. The molecule has 2 N–H and O–H groups in total. The highest BCUT2D eigenvalue weighted by molar-refractivity contribution is 7.12. The van der Waals surface area contributed by atoms with Gasteiger partial charge in [-0.3, -0.25) is 4.79 Å². The maximum Gasteiger partial charge on any atom is 0.490 e. The molecule has 0 saturated carbocycles. The van der Waals surface area contributed by atoms with Crippen LogP contribution in [0.5, 0.6) is 0 Å². The lowest BCUT2D eigenvalue weighted by Crippen LogP contribution is -2.45. The standard InChI is InChI=1S/C17H20N4O2S.C2HF3O2/c22-16(15-3-1-8-24-15)21-7-4-13-12(10-21)11-23-14(13)9-20-17-18-5-2-6-19-17;3-2(4,5)1(6)7/h1-3,5-6,8,12-14H,4,7,9-11H2,(H,18,19,20);(H,6,7)/t12-,13-,14+;/m1./s1. The summed E-state index contributed by atoms with van der Waals surface area (Å²) in [5, 5.41) is 12.3. The summed E-state index contributed by atoms with van der Waals surface area (Å²) in [4.78, 5) is 32.6. The minimum atomic E-state index is -5.08. The highest BCUT2D eigenvalue weighted by atomic mass is 32.1. The van der Waals surface area contributed by atoms with Crippen LogP contribution in [-0.4, -0.2) is 70.4 Å². The largest absolute Gasteiger partial charge is 0.490 e. The lowest BCUT2D eigenvalue weighted by atomic mass is 9.84. The molecule has 168 valence electrons. The van der Waals surface area contributed by atoms with Crippen molar-refractivity contribution in [2.45, 2.75) is 18.7 Å². The second-order valence-electron chi connectivity index (χ2n) is 7.07. The van der Waals surface area contributed by atoms with Crippen LogP contribution in [0, 0.1) is 11.8 Å². The van der Waals surface area contributed by atoms with Gasteiger partial charge in [0.1, 0.15) is 0 Å². The van der Waals surface area contributed by atoms with Crippen LogP contribution >= 0.6 is 11.3 Å². The quantitative estimate of drug-likeness (QED) is 0.726. The summed E-state index contributed by atoms with van der Waals surface area (Å²) >= 11 is 1.51. The number of hydrogen-bond acceptors (Lipinski definition) is 7. The van der Waals surface area contributed by atoms with E-state index in [4.69, 9.17) is 14.6 Å². The Balaban J connectivity index is 0.000000339. The van der Waals surface area contributed by atoms with Gasteiger partial charge >= 0.3 is 12.1 Å². The van der Waals surface area contributed by atoms with E-state index < -0.39 is 12.1 Å². The summed E-state index contributed by atoms with van der Waals surface area (Å²) < 4.78 is 37.7. The number of carboxylic acids is 1. The Hall–Kier alpha value is -2.73. The van der Waals surface area contributed by atoms with Crippen LogP contribution in [0.15, 0.2) is 36.0 Å². The molecule has 2 aromatic rings. The van der Waals surface area contributed by atoms with E-state index in [9.17, 15) is 18.0 Å². The molecule has 0 unspecified atom stereocenters. The summed E-state index contributed by atoms with van der Waals surface area (Å²) in [7, 11) is 0.